The van der Waals surface area contributed by atoms with Gasteiger partial charge in [0.1, 0.15) is 17.0 Å². The molecule has 23 heteroatoms. The van der Waals surface area contributed by atoms with E-state index in [-0.39, 0.29) is 119 Å². The van der Waals surface area contributed by atoms with Crippen molar-refractivity contribution in [2.24, 2.45) is 5.92 Å². The third kappa shape index (κ3) is 8.53. The maximum Gasteiger partial charge on any atom is 1.00 e. The zero-order chi connectivity index (χ0) is 34.8. The standard InChI is InChI=1S/C28H25F3N5O10PS.3Na/c1-11(37)20-25(39)36-21(28(42)43)19(48-26(20)36)10-46-47(44,45)33-13-4-5-34(8-13)24-17(31)7-14-22(38)15(27(40)41)9-35(23(14)32-24)18-3-2-12(29)6-16(18)30;;;/h2-3,6-7,9,11,13,20,26,37H,4-5,8,10H2,1H3,(H,40,41)(H,42,43)(H2,33,44,45);;;/q;3*+1/p-3/t11-,13?,20-,26-;;;/m0.../s1. The van der Waals surface area contributed by atoms with Crippen LogP contribution >= 0.6 is 19.5 Å². The number of fused-ring (bicyclic) bond motifs is 2. The quantitative estimate of drug-likeness (QED) is 0.111. The van der Waals surface area contributed by atoms with E-state index in [2.05, 4.69) is 10.1 Å². The maximum atomic E-state index is 15.4. The number of β-lactam (4-membered cyclic amide) rings is 1. The molecule has 0 spiro atoms. The molecular weight excluding hydrogens is 755 g/mol. The normalized spacial score (nSPS) is 21.2. The number of carbonyl (C=O) groups is 3. The molecule has 3 aliphatic heterocycles. The zero-order valence-electron chi connectivity index (χ0n) is 27.4. The molecule has 2 N–H and O–H groups in total. The third-order valence-electron chi connectivity index (χ3n) is 8.06. The summed E-state index contributed by atoms with van der Waals surface area (Å²) in [6, 6.07) is 2.17. The first-order valence-electron chi connectivity index (χ1n) is 14.1. The Balaban J connectivity index is 0.00000234. The van der Waals surface area contributed by atoms with E-state index >= 15 is 4.39 Å². The summed E-state index contributed by atoms with van der Waals surface area (Å²) in [5.74, 6) is -8.77. The number of anilines is 1. The topological polar surface area (TPSA) is 220 Å². The molecule has 254 valence electrons. The summed E-state index contributed by atoms with van der Waals surface area (Å²) >= 11 is 0.856. The summed E-state index contributed by atoms with van der Waals surface area (Å²) in [4.78, 5) is 67.6. The summed E-state index contributed by atoms with van der Waals surface area (Å²) < 4.78 is 62.4. The molecule has 15 nitrogen and oxygen atoms in total. The van der Waals surface area contributed by atoms with Crippen LogP contribution in [-0.2, 0) is 18.7 Å². The Morgan fingerprint density at radius 1 is 1.14 bits per heavy atom. The van der Waals surface area contributed by atoms with Crippen LogP contribution in [0.3, 0.4) is 0 Å². The molecular formula is C28H22F3N5Na3O10PS. The molecule has 2 unspecified atom stereocenters. The first-order valence-corrected chi connectivity index (χ1v) is 16.5. The van der Waals surface area contributed by atoms with Crippen molar-refractivity contribution in [3.63, 3.8) is 0 Å². The number of aromatic carboxylic acids is 1. The Labute approximate surface area is 357 Å². The fraction of sp³-hybridized carbons (Fsp3) is 0.321. The summed E-state index contributed by atoms with van der Waals surface area (Å²) in [6.45, 7) is 0.454. The molecule has 6 rings (SSSR count). The van der Waals surface area contributed by atoms with E-state index in [4.69, 9.17) is 4.52 Å². The molecule has 3 aliphatic rings. The molecule has 51 heavy (non-hydrogen) atoms. The predicted octanol–water partition coefficient (Wildman–Crippen LogP) is -10.3. The van der Waals surface area contributed by atoms with Crippen LogP contribution in [0.5, 0.6) is 0 Å². The number of aliphatic carboxylic acids is 1. The SMILES string of the molecule is C[C@H](O)[C@H]1C(=O)N2C(C(=O)[O-])=C(COP(=O)([O-])NC3CCN(c4nc5c(cc4F)c(=O)c(C(=O)[O-])cn5-c4ccc(F)cc4F)C3)S[C@@H]12.[Na+].[Na+].[Na+]. The van der Waals surface area contributed by atoms with E-state index < -0.39 is 107 Å². The number of carbonyl (C=O) groups excluding carboxylic acids is 3. The van der Waals surface area contributed by atoms with Crippen LogP contribution in [-0.4, -0.2) is 74.6 Å². The van der Waals surface area contributed by atoms with Gasteiger partial charge in [-0.2, -0.15) is 0 Å². The number of hydrogen-bond acceptors (Lipinski definition) is 13. The molecule has 0 aliphatic carbocycles. The second-order valence-corrected chi connectivity index (χ2v) is 13.9. The third-order valence-corrected chi connectivity index (χ3v) is 10.6. The van der Waals surface area contributed by atoms with Gasteiger partial charge in [0.15, 0.2) is 22.7 Å². The first kappa shape index (κ1) is 44.1. The molecule has 5 atom stereocenters. The number of benzene rings is 1. The van der Waals surface area contributed by atoms with Gasteiger partial charge in [0, 0.05) is 36.3 Å². The van der Waals surface area contributed by atoms with Crippen molar-refractivity contribution in [1.29, 1.82) is 0 Å². The largest absolute Gasteiger partial charge is 1.00 e. The summed E-state index contributed by atoms with van der Waals surface area (Å²) in [7, 11) is -4.90. The molecule has 0 saturated carbocycles. The molecule has 5 heterocycles. The van der Waals surface area contributed by atoms with Crippen LogP contribution in [0.2, 0.25) is 0 Å². The minimum atomic E-state index is -4.90. The molecule has 2 fully saturated rings. The average molecular weight is 778 g/mol. The number of aromatic nitrogens is 2. The maximum absolute atomic E-state index is 15.4. The van der Waals surface area contributed by atoms with Crippen LogP contribution in [0.15, 0.2) is 45.9 Å². The van der Waals surface area contributed by atoms with Gasteiger partial charge in [-0.1, -0.05) is 11.8 Å². The molecule has 1 amide bonds. The Morgan fingerprint density at radius 3 is 2.43 bits per heavy atom. The van der Waals surface area contributed by atoms with E-state index in [0.717, 1.165) is 39.6 Å². The number of aliphatic hydroxyl groups excluding tert-OH is 1. The van der Waals surface area contributed by atoms with Crippen LogP contribution in [0.25, 0.3) is 16.7 Å². The van der Waals surface area contributed by atoms with Gasteiger partial charge in [0.2, 0.25) is 13.7 Å². The second-order valence-electron chi connectivity index (χ2n) is 11.2. The van der Waals surface area contributed by atoms with Crippen LogP contribution < -0.4 is 119 Å². The number of halogens is 3. The van der Waals surface area contributed by atoms with Gasteiger partial charge in [-0.25, -0.2) is 18.2 Å². The van der Waals surface area contributed by atoms with Crippen LogP contribution in [0.4, 0.5) is 19.0 Å². The molecule has 3 aromatic rings. The molecule has 0 bridgehead atoms. The first-order chi connectivity index (χ1) is 22.6. The van der Waals surface area contributed by atoms with E-state index in [1.54, 1.807) is 0 Å². The van der Waals surface area contributed by atoms with Gasteiger partial charge in [0.25, 0.3) is 0 Å². The van der Waals surface area contributed by atoms with E-state index in [0.29, 0.717) is 12.1 Å². The van der Waals surface area contributed by atoms with Gasteiger partial charge in [-0.05, 0) is 31.5 Å². The monoisotopic (exact) mass is 777 g/mol. The van der Waals surface area contributed by atoms with Gasteiger partial charge < -0.3 is 39.2 Å². The minimum Gasteiger partial charge on any atom is -0.766 e. The Hall–Kier alpha value is -1.26. The second kappa shape index (κ2) is 17.0. The molecule has 2 saturated heterocycles. The van der Waals surface area contributed by atoms with Gasteiger partial charge in [0.05, 0.1) is 52.9 Å². The van der Waals surface area contributed by atoms with Crippen LogP contribution in [0, 0.1) is 23.4 Å². The van der Waals surface area contributed by atoms with Crippen molar-refractivity contribution < 1.29 is 146 Å². The number of hydrogen-bond donors (Lipinski definition) is 2. The summed E-state index contributed by atoms with van der Waals surface area (Å²) in [6.07, 6.45) is -0.262. The fourth-order valence-corrected chi connectivity index (χ4v) is 8.49. The van der Waals surface area contributed by atoms with Gasteiger partial charge in [-0.3, -0.25) is 28.7 Å². The number of nitrogens with zero attached hydrogens (tertiary/aromatic N) is 4. The van der Waals surface area contributed by atoms with Crippen molar-refractivity contribution in [2.75, 3.05) is 24.6 Å². The average Bonchev–Trinajstić information content (AvgIpc) is 3.58. The number of carboxylic acids is 2. The van der Waals surface area contributed by atoms with Crippen molar-refractivity contribution in [1.82, 2.24) is 19.5 Å². The van der Waals surface area contributed by atoms with Crippen molar-refractivity contribution in [2.45, 2.75) is 30.9 Å². The smallest absolute Gasteiger partial charge is 0.766 e. The molecule has 0 radical (unpaired) electrons. The molecule has 2 aromatic heterocycles. The van der Waals surface area contributed by atoms with E-state index in [1.165, 1.54) is 11.8 Å². The fourth-order valence-electron chi connectivity index (χ4n) is 5.85. The number of carboxylic acid groups (broad SMARTS) is 2. The van der Waals surface area contributed by atoms with Crippen molar-refractivity contribution >= 4 is 54.2 Å². The zero-order valence-corrected chi connectivity index (χ0v) is 35.1. The minimum absolute atomic E-state index is 0. The van der Waals surface area contributed by atoms with Gasteiger partial charge >= 0.3 is 88.7 Å². The number of thioether (sulfide) groups is 1. The van der Waals surface area contributed by atoms with Crippen molar-refractivity contribution in [3.05, 3.63) is 74.3 Å². The van der Waals surface area contributed by atoms with Crippen LogP contribution in [0.1, 0.15) is 23.7 Å². The number of amides is 1. The Morgan fingerprint density at radius 2 is 1.82 bits per heavy atom. The van der Waals surface area contributed by atoms with Crippen molar-refractivity contribution in [3.8, 4) is 5.69 Å². The predicted molar refractivity (Wildman–Crippen MR) is 154 cm³/mol. The van der Waals surface area contributed by atoms with E-state index in [1.807, 2.05) is 0 Å². The number of nitrogens with one attached hydrogen (secondary N) is 1. The Kier molecular flexibility index (Phi) is 14.7. The number of aliphatic hydroxyl groups is 1. The number of pyridine rings is 2. The summed E-state index contributed by atoms with van der Waals surface area (Å²) in [5.41, 5.74) is -3.45. The van der Waals surface area contributed by atoms with Gasteiger partial charge in [-0.15, -0.1) is 0 Å². The molecule has 1 aromatic carbocycles. The van der Waals surface area contributed by atoms with E-state index in [9.17, 15) is 52.7 Å². The summed E-state index contributed by atoms with van der Waals surface area (Å²) in [5, 5.41) is 34.2. The Bertz CT molecular complexity index is 2060. The number of rotatable bonds is 10.